The topological polar surface area (TPSA) is 45.2 Å². The van der Waals surface area contributed by atoms with Crippen molar-refractivity contribution >= 4 is 11.7 Å². The lowest BCUT2D eigenvalue weighted by molar-refractivity contribution is 0.0745. The standard InChI is InChI=1S/C13H21N3O/c1-13(2,3)9-16(5)12(17)10-6-7-15-11(8-10)14-4/h6-8H,9H2,1-5H3,(H,14,15). The van der Waals surface area contributed by atoms with Crippen molar-refractivity contribution in [2.45, 2.75) is 20.8 Å². The third-order valence-corrected chi connectivity index (χ3v) is 2.32. The summed E-state index contributed by atoms with van der Waals surface area (Å²) >= 11 is 0. The first-order valence-corrected chi connectivity index (χ1v) is 5.73. The Morgan fingerprint density at radius 3 is 2.65 bits per heavy atom. The largest absolute Gasteiger partial charge is 0.373 e. The molecule has 0 unspecified atom stereocenters. The zero-order chi connectivity index (χ0) is 13.1. The van der Waals surface area contributed by atoms with Crippen LogP contribution in [0, 0.1) is 5.41 Å². The summed E-state index contributed by atoms with van der Waals surface area (Å²) in [6.45, 7) is 7.07. The predicted octanol–water partition coefficient (Wildman–Crippen LogP) is 2.24. The number of pyridine rings is 1. The molecule has 0 radical (unpaired) electrons. The van der Waals surface area contributed by atoms with Gasteiger partial charge < -0.3 is 10.2 Å². The molecule has 94 valence electrons. The van der Waals surface area contributed by atoms with E-state index in [1.54, 1.807) is 30.3 Å². The lowest BCUT2D eigenvalue weighted by Crippen LogP contribution is -2.34. The minimum Gasteiger partial charge on any atom is -0.373 e. The van der Waals surface area contributed by atoms with E-state index in [9.17, 15) is 4.79 Å². The van der Waals surface area contributed by atoms with Crippen LogP contribution in [0.5, 0.6) is 0 Å². The quantitative estimate of drug-likeness (QED) is 0.874. The molecular formula is C13H21N3O. The summed E-state index contributed by atoms with van der Waals surface area (Å²) < 4.78 is 0. The van der Waals surface area contributed by atoms with E-state index in [0.29, 0.717) is 11.4 Å². The van der Waals surface area contributed by atoms with Gasteiger partial charge in [-0.3, -0.25) is 4.79 Å². The molecule has 0 fully saturated rings. The van der Waals surface area contributed by atoms with Crippen LogP contribution >= 0.6 is 0 Å². The second-order valence-electron chi connectivity index (χ2n) is 5.40. The number of amides is 1. The summed E-state index contributed by atoms with van der Waals surface area (Å²) in [6.07, 6.45) is 1.64. The molecular weight excluding hydrogens is 214 g/mol. The molecule has 0 saturated carbocycles. The fraction of sp³-hybridized carbons (Fsp3) is 0.538. The van der Waals surface area contributed by atoms with E-state index in [0.717, 1.165) is 6.54 Å². The van der Waals surface area contributed by atoms with E-state index in [1.165, 1.54) is 0 Å². The Balaban J connectivity index is 2.81. The number of hydrogen-bond acceptors (Lipinski definition) is 3. The van der Waals surface area contributed by atoms with Crippen molar-refractivity contribution in [2.24, 2.45) is 5.41 Å². The maximum absolute atomic E-state index is 12.2. The van der Waals surface area contributed by atoms with Gasteiger partial charge in [0.15, 0.2) is 0 Å². The average Bonchev–Trinajstić information content (AvgIpc) is 2.26. The minimum absolute atomic E-state index is 0.0267. The molecule has 4 heteroatoms. The summed E-state index contributed by atoms with van der Waals surface area (Å²) in [4.78, 5) is 18.0. The van der Waals surface area contributed by atoms with Gasteiger partial charge in [-0.2, -0.15) is 0 Å². The summed E-state index contributed by atoms with van der Waals surface area (Å²) in [5.41, 5.74) is 0.764. The normalized spacial score (nSPS) is 11.1. The van der Waals surface area contributed by atoms with Crippen molar-refractivity contribution in [3.8, 4) is 0 Å². The Morgan fingerprint density at radius 1 is 1.47 bits per heavy atom. The number of carbonyl (C=O) groups is 1. The van der Waals surface area contributed by atoms with E-state index in [4.69, 9.17) is 0 Å². The van der Waals surface area contributed by atoms with Gasteiger partial charge in [-0.05, 0) is 17.5 Å². The number of nitrogens with one attached hydrogen (secondary N) is 1. The van der Waals surface area contributed by atoms with E-state index >= 15 is 0 Å². The molecule has 0 aliphatic carbocycles. The van der Waals surface area contributed by atoms with Gasteiger partial charge in [-0.25, -0.2) is 4.98 Å². The SMILES string of the molecule is CNc1cc(C(=O)N(C)CC(C)(C)C)ccn1. The summed E-state index contributed by atoms with van der Waals surface area (Å²) in [5.74, 6) is 0.735. The third-order valence-electron chi connectivity index (χ3n) is 2.32. The molecule has 1 N–H and O–H groups in total. The molecule has 0 bridgehead atoms. The summed E-state index contributed by atoms with van der Waals surface area (Å²) in [7, 11) is 3.61. The van der Waals surface area contributed by atoms with E-state index < -0.39 is 0 Å². The lowest BCUT2D eigenvalue weighted by atomic mass is 9.96. The first-order valence-electron chi connectivity index (χ1n) is 5.73. The van der Waals surface area contributed by atoms with Crippen LogP contribution in [0.15, 0.2) is 18.3 Å². The zero-order valence-corrected chi connectivity index (χ0v) is 11.2. The van der Waals surface area contributed by atoms with Gasteiger partial charge in [0.25, 0.3) is 5.91 Å². The van der Waals surface area contributed by atoms with Gasteiger partial charge in [0.1, 0.15) is 5.82 Å². The number of aromatic nitrogens is 1. The molecule has 1 amide bonds. The fourth-order valence-corrected chi connectivity index (χ4v) is 1.70. The van der Waals surface area contributed by atoms with Crippen molar-refractivity contribution in [1.29, 1.82) is 0 Å². The lowest BCUT2D eigenvalue weighted by Gasteiger charge is -2.26. The molecule has 1 heterocycles. The van der Waals surface area contributed by atoms with Crippen molar-refractivity contribution in [3.63, 3.8) is 0 Å². The smallest absolute Gasteiger partial charge is 0.253 e. The average molecular weight is 235 g/mol. The predicted molar refractivity (Wildman–Crippen MR) is 70.2 cm³/mol. The van der Waals surface area contributed by atoms with E-state index in [-0.39, 0.29) is 11.3 Å². The molecule has 0 aromatic carbocycles. The highest BCUT2D eigenvalue weighted by Crippen LogP contribution is 2.16. The number of hydrogen-bond donors (Lipinski definition) is 1. The Labute approximate surface area is 103 Å². The van der Waals surface area contributed by atoms with E-state index in [1.807, 2.05) is 7.05 Å². The number of carbonyl (C=O) groups excluding carboxylic acids is 1. The van der Waals surface area contributed by atoms with Crippen LogP contribution in [0.2, 0.25) is 0 Å². The molecule has 0 spiro atoms. The Kier molecular flexibility index (Phi) is 4.10. The van der Waals surface area contributed by atoms with Crippen LogP contribution in [0.1, 0.15) is 31.1 Å². The first-order chi connectivity index (χ1) is 7.83. The van der Waals surface area contributed by atoms with E-state index in [2.05, 4.69) is 31.1 Å². The molecule has 4 nitrogen and oxygen atoms in total. The molecule has 1 aromatic heterocycles. The zero-order valence-electron chi connectivity index (χ0n) is 11.2. The van der Waals surface area contributed by atoms with Gasteiger partial charge in [0, 0.05) is 32.4 Å². The fourth-order valence-electron chi connectivity index (χ4n) is 1.70. The Hall–Kier alpha value is -1.58. The van der Waals surface area contributed by atoms with Crippen LogP contribution in [0.25, 0.3) is 0 Å². The monoisotopic (exact) mass is 235 g/mol. The number of anilines is 1. The van der Waals surface area contributed by atoms with Crippen molar-refractivity contribution in [2.75, 3.05) is 26.0 Å². The molecule has 17 heavy (non-hydrogen) atoms. The summed E-state index contributed by atoms with van der Waals surface area (Å²) in [5, 5.41) is 2.93. The first kappa shape index (κ1) is 13.5. The van der Waals surface area contributed by atoms with Gasteiger partial charge in [0.2, 0.25) is 0 Å². The molecule has 0 saturated heterocycles. The number of rotatable bonds is 3. The van der Waals surface area contributed by atoms with Crippen LogP contribution in [0.3, 0.4) is 0 Å². The highest BCUT2D eigenvalue weighted by Gasteiger charge is 2.18. The second-order valence-corrected chi connectivity index (χ2v) is 5.40. The maximum atomic E-state index is 12.2. The van der Waals surface area contributed by atoms with Crippen molar-refractivity contribution in [1.82, 2.24) is 9.88 Å². The van der Waals surface area contributed by atoms with Gasteiger partial charge >= 0.3 is 0 Å². The number of nitrogens with zero attached hydrogens (tertiary/aromatic N) is 2. The van der Waals surface area contributed by atoms with Crippen LogP contribution in [-0.4, -0.2) is 36.4 Å². The second kappa shape index (κ2) is 5.17. The Morgan fingerprint density at radius 2 is 2.12 bits per heavy atom. The molecule has 0 aliphatic rings. The third kappa shape index (κ3) is 4.06. The van der Waals surface area contributed by atoms with Crippen molar-refractivity contribution < 1.29 is 4.79 Å². The Bertz CT molecular complexity index is 396. The molecule has 0 atom stereocenters. The van der Waals surface area contributed by atoms with Crippen LogP contribution in [0.4, 0.5) is 5.82 Å². The highest BCUT2D eigenvalue weighted by molar-refractivity contribution is 5.94. The molecule has 0 aliphatic heterocycles. The molecule has 1 aromatic rings. The van der Waals surface area contributed by atoms with Gasteiger partial charge in [-0.1, -0.05) is 20.8 Å². The maximum Gasteiger partial charge on any atom is 0.253 e. The van der Waals surface area contributed by atoms with Crippen molar-refractivity contribution in [3.05, 3.63) is 23.9 Å². The van der Waals surface area contributed by atoms with Gasteiger partial charge in [-0.15, -0.1) is 0 Å². The molecule has 1 rings (SSSR count). The highest BCUT2D eigenvalue weighted by atomic mass is 16.2. The summed E-state index contributed by atoms with van der Waals surface area (Å²) in [6, 6.07) is 3.50. The minimum atomic E-state index is 0.0267. The van der Waals surface area contributed by atoms with Crippen LogP contribution < -0.4 is 5.32 Å². The van der Waals surface area contributed by atoms with Gasteiger partial charge in [0.05, 0.1) is 0 Å². The van der Waals surface area contributed by atoms with Crippen LogP contribution in [-0.2, 0) is 0 Å².